The molecule has 68 valence electrons. The van der Waals surface area contributed by atoms with Gasteiger partial charge in [0.25, 0.3) is 0 Å². The second kappa shape index (κ2) is 3.01. The summed E-state index contributed by atoms with van der Waals surface area (Å²) in [5.41, 5.74) is 1.01. The summed E-state index contributed by atoms with van der Waals surface area (Å²) >= 11 is 0. The molecule has 2 rings (SSSR count). The van der Waals surface area contributed by atoms with E-state index >= 15 is 0 Å². The molecule has 0 radical (unpaired) electrons. The summed E-state index contributed by atoms with van der Waals surface area (Å²) in [5, 5.41) is 8.59. The van der Waals surface area contributed by atoms with Crippen molar-refractivity contribution in [2.45, 2.75) is 5.92 Å². The van der Waals surface area contributed by atoms with Crippen LogP contribution in [0.1, 0.15) is 11.5 Å². The van der Waals surface area contributed by atoms with Crippen molar-refractivity contribution >= 4 is 6.09 Å². The average Bonchev–Trinajstić information content (AvgIpc) is 2.02. The van der Waals surface area contributed by atoms with Crippen molar-refractivity contribution < 1.29 is 9.90 Å². The highest BCUT2D eigenvalue weighted by Gasteiger charge is 2.31. The van der Waals surface area contributed by atoms with Crippen LogP contribution in [0.15, 0.2) is 18.7 Å². The Kier molecular flexibility index (Phi) is 1.84. The number of aromatic nitrogens is 2. The molecule has 0 atom stereocenters. The van der Waals surface area contributed by atoms with Gasteiger partial charge in [-0.1, -0.05) is 0 Å². The first-order valence-corrected chi connectivity index (χ1v) is 4.00. The van der Waals surface area contributed by atoms with E-state index in [1.54, 1.807) is 12.4 Å². The lowest BCUT2D eigenvalue weighted by Crippen LogP contribution is -2.47. The Hall–Kier alpha value is -1.65. The predicted octanol–water partition coefficient (Wildman–Crippen LogP) is 0.554. The van der Waals surface area contributed by atoms with Gasteiger partial charge in [-0.05, 0) is 5.56 Å². The number of likely N-dealkylation sites (tertiary alicyclic amines) is 1. The average molecular weight is 179 g/mol. The van der Waals surface area contributed by atoms with E-state index in [9.17, 15) is 4.79 Å². The summed E-state index contributed by atoms with van der Waals surface area (Å²) in [6.07, 6.45) is 4.08. The molecule has 5 heteroatoms. The molecule has 1 aliphatic heterocycles. The van der Waals surface area contributed by atoms with E-state index in [4.69, 9.17) is 5.11 Å². The largest absolute Gasteiger partial charge is 0.465 e. The van der Waals surface area contributed by atoms with Gasteiger partial charge < -0.3 is 10.0 Å². The SMILES string of the molecule is O=C(O)N1CC(c2cncnc2)C1. The highest BCUT2D eigenvalue weighted by molar-refractivity contribution is 5.66. The monoisotopic (exact) mass is 179 g/mol. The van der Waals surface area contributed by atoms with Crippen molar-refractivity contribution in [2.24, 2.45) is 0 Å². The Bertz CT molecular complexity index is 308. The number of rotatable bonds is 1. The van der Waals surface area contributed by atoms with Gasteiger partial charge in [0, 0.05) is 31.4 Å². The van der Waals surface area contributed by atoms with Crippen molar-refractivity contribution in [1.82, 2.24) is 14.9 Å². The molecule has 1 fully saturated rings. The van der Waals surface area contributed by atoms with Crippen LogP contribution in [0.25, 0.3) is 0 Å². The van der Waals surface area contributed by atoms with Crippen molar-refractivity contribution in [2.75, 3.05) is 13.1 Å². The minimum Gasteiger partial charge on any atom is -0.465 e. The molecule has 1 N–H and O–H groups in total. The van der Waals surface area contributed by atoms with Gasteiger partial charge in [-0.15, -0.1) is 0 Å². The first kappa shape index (κ1) is 7.97. The summed E-state index contributed by atoms with van der Waals surface area (Å²) in [6.45, 7) is 1.12. The maximum absolute atomic E-state index is 10.5. The molecule has 1 aromatic heterocycles. The molecule has 1 amide bonds. The fourth-order valence-corrected chi connectivity index (χ4v) is 1.37. The number of hydrogen-bond donors (Lipinski definition) is 1. The van der Waals surface area contributed by atoms with Gasteiger partial charge in [0.2, 0.25) is 0 Å². The highest BCUT2D eigenvalue weighted by atomic mass is 16.4. The third-order valence-corrected chi connectivity index (χ3v) is 2.20. The van der Waals surface area contributed by atoms with Crippen LogP contribution in [-0.2, 0) is 0 Å². The van der Waals surface area contributed by atoms with Crippen molar-refractivity contribution in [1.29, 1.82) is 0 Å². The fraction of sp³-hybridized carbons (Fsp3) is 0.375. The van der Waals surface area contributed by atoms with Gasteiger partial charge in [0.15, 0.2) is 0 Å². The van der Waals surface area contributed by atoms with Gasteiger partial charge in [0.05, 0.1) is 0 Å². The van der Waals surface area contributed by atoms with E-state index in [0.29, 0.717) is 13.1 Å². The zero-order valence-corrected chi connectivity index (χ0v) is 6.92. The molecule has 0 aromatic carbocycles. The number of hydrogen-bond acceptors (Lipinski definition) is 3. The molecule has 1 aromatic rings. The van der Waals surface area contributed by atoms with E-state index in [-0.39, 0.29) is 5.92 Å². The molecular formula is C8H9N3O2. The van der Waals surface area contributed by atoms with E-state index in [1.165, 1.54) is 11.2 Å². The highest BCUT2D eigenvalue weighted by Crippen LogP contribution is 2.25. The molecule has 0 bridgehead atoms. The molecule has 0 unspecified atom stereocenters. The topological polar surface area (TPSA) is 66.3 Å². The van der Waals surface area contributed by atoms with Gasteiger partial charge in [-0.2, -0.15) is 0 Å². The van der Waals surface area contributed by atoms with Crippen LogP contribution in [-0.4, -0.2) is 39.2 Å². The number of amides is 1. The molecule has 2 heterocycles. The van der Waals surface area contributed by atoms with Crippen LogP contribution < -0.4 is 0 Å². The zero-order chi connectivity index (χ0) is 9.26. The van der Waals surface area contributed by atoms with Gasteiger partial charge in [-0.25, -0.2) is 14.8 Å². The maximum atomic E-state index is 10.5. The Balaban J connectivity index is 1.98. The number of carboxylic acid groups (broad SMARTS) is 1. The lowest BCUT2D eigenvalue weighted by molar-refractivity contribution is 0.105. The lowest BCUT2D eigenvalue weighted by Gasteiger charge is -2.36. The minimum absolute atomic E-state index is 0.275. The summed E-state index contributed by atoms with van der Waals surface area (Å²) in [6, 6.07) is 0. The Labute approximate surface area is 75.0 Å². The van der Waals surface area contributed by atoms with Crippen molar-refractivity contribution in [3.63, 3.8) is 0 Å². The van der Waals surface area contributed by atoms with Crippen molar-refractivity contribution in [3.05, 3.63) is 24.3 Å². The summed E-state index contributed by atoms with van der Waals surface area (Å²) in [5.74, 6) is 0.275. The van der Waals surface area contributed by atoms with E-state index in [0.717, 1.165) is 5.56 Å². The van der Waals surface area contributed by atoms with Gasteiger partial charge >= 0.3 is 6.09 Å². The Morgan fingerprint density at radius 3 is 2.62 bits per heavy atom. The molecule has 1 saturated heterocycles. The number of carbonyl (C=O) groups is 1. The summed E-state index contributed by atoms with van der Waals surface area (Å²) < 4.78 is 0. The van der Waals surface area contributed by atoms with Crippen LogP contribution in [0.3, 0.4) is 0 Å². The number of nitrogens with zero attached hydrogens (tertiary/aromatic N) is 3. The molecule has 0 aliphatic carbocycles. The third kappa shape index (κ3) is 1.44. The molecule has 1 aliphatic rings. The van der Waals surface area contributed by atoms with Gasteiger partial charge in [-0.3, -0.25) is 0 Å². The van der Waals surface area contributed by atoms with Crippen LogP contribution in [0.5, 0.6) is 0 Å². The first-order chi connectivity index (χ1) is 6.27. The van der Waals surface area contributed by atoms with Crippen LogP contribution in [0.4, 0.5) is 4.79 Å². The molecule has 5 nitrogen and oxygen atoms in total. The zero-order valence-electron chi connectivity index (χ0n) is 6.92. The third-order valence-electron chi connectivity index (χ3n) is 2.20. The maximum Gasteiger partial charge on any atom is 0.407 e. The normalized spacial score (nSPS) is 16.8. The second-order valence-corrected chi connectivity index (χ2v) is 3.06. The Morgan fingerprint density at radius 1 is 1.46 bits per heavy atom. The van der Waals surface area contributed by atoms with Crippen LogP contribution in [0.2, 0.25) is 0 Å². The Morgan fingerprint density at radius 2 is 2.08 bits per heavy atom. The quantitative estimate of drug-likeness (QED) is 0.683. The van der Waals surface area contributed by atoms with Crippen molar-refractivity contribution in [3.8, 4) is 0 Å². The molecule has 13 heavy (non-hydrogen) atoms. The summed E-state index contributed by atoms with van der Waals surface area (Å²) in [7, 11) is 0. The first-order valence-electron chi connectivity index (χ1n) is 4.00. The molecular weight excluding hydrogens is 170 g/mol. The second-order valence-electron chi connectivity index (χ2n) is 3.06. The van der Waals surface area contributed by atoms with E-state index < -0.39 is 6.09 Å². The smallest absolute Gasteiger partial charge is 0.407 e. The molecule has 0 spiro atoms. The standard InChI is InChI=1S/C8H9N3O2/c12-8(13)11-3-7(4-11)6-1-9-5-10-2-6/h1-2,5,7H,3-4H2,(H,12,13). The van der Waals surface area contributed by atoms with E-state index in [1.807, 2.05) is 0 Å². The van der Waals surface area contributed by atoms with Gasteiger partial charge in [0.1, 0.15) is 6.33 Å². The lowest BCUT2D eigenvalue weighted by atomic mass is 9.94. The van der Waals surface area contributed by atoms with Crippen LogP contribution >= 0.6 is 0 Å². The predicted molar refractivity (Wildman–Crippen MR) is 44.4 cm³/mol. The van der Waals surface area contributed by atoms with Crippen LogP contribution in [0, 0.1) is 0 Å². The minimum atomic E-state index is -0.854. The molecule has 0 saturated carbocycles. The fourth-order valence-electron chi connectivity index (χ4n) is 1.37. The summed E-state index contributed by atoms with van der Waals surface area (Å²) in [4.78, 5) is 19.6. The van der Waals surface area contributed by atoms with E-state index in [2.05, 4.69) is 9.97 Å².